The van der Waals surface area contributed by atoms with Crippen LogP contribution >= 0.6 is 0 Å². The van der Waals surface area contributed by atoms with E-state index in [0.29, 0.717) is 19.5 Å². The number of carbonyl (C=O) groups is 2. The van der Waals surface area contributed by atoms with Crippen molar-refractivity contribution in [3.63, 3.8) is 0 Å². The predicted octanol–water partition coefficient (Wildman–Crippen LogP) is 4.57. The smallest absolute Gasteiger partial charge is 0.224 e. The largest absolute Gasteiger partial charge is 0.390 e. The molecule has 0 spiro atoms. The molecule has 1 aromatic heterocycles. The van der Waals surface area contributed by atoms with E-state index in [4.69, 9.17) is 0 Å². The van der Waals surface area contributed by atoms with Gasteiger partial charge in [0.2, 0.25) is 5.91 Å². The number of benzene rings is 2. The number of carbonyl (C=O) groups excluding carboxylic acids is 2. The normalized spacial score (nSPS) is 14.0. The Morgan fingerprint density at radius 1 is 0.919 bits per heavy atom. The van der Waals surface area contributed by atoms with Gasteiger partial charge >= 0.3 is 0 Å². The Morgan fingerprint density at radius 2 is 1.59 bits per heavy atom. The molecule has 2 aromatic carbocycles. The number of nitrogens with zero attached hydrogens (tertiary/aromatic N) is 1. The summed E-state index contributed by atoms with van der Waals surface area (Å²) in [7, 11) is 0. The highest BCUT2D eigenvalue weighted by molar-refractivity contribution is 5.86. The third kappa shape index (κ3) is 8.92. The van der Waals surface area contributed by atoms with Crippen molar-refractivity contribution in [3.8, 4) is 11.3 Å². The molecule has 1 unspecified atom stereocenters. The maximum Gasteiger partial charge on any atom is 0.224 e. The molecule has 6 nitrogen and oxygen atoms in total. The van der Waals surface area contributed by atoms with Gasteiger partial charge in [-0.05, 0) is 42.0 Å². The van der Waals surface area contributed by atoms with Crippen LogP contribution in [-0.4, -0.2) is 40.5 Å². The van der Waals surface area contributed by atoms with Crippen LogP contribution in [0.2, 0.25) is 0 Å². The number of hydrogen-bond donors (Lipinski definition) is 3. The van der Waals surface area contributed by atoms with Crippen molar-refractivity contribution >= 4 is 11.7 Å². The standard InChI is InChI=1S/C31H39N3O3/c1-22(35)18-26(31(2,3)4)30(37)34-28(19-23-10-6-5-7-11-23)29(36)21-32-20-24-13-15-25(16-14-24)27-12-8-9-17-33-27/h5-17,26,28-29,32,36H,18-21H2,1-4H3,(H,34,37)/t26-,28?,29-/m0/s1. The summed E-state index contributed by atoms with van der Waals surface area (Å²) in [5, 5.41) is 17.5. The molecule has 3 N–H and O–H groups in total. The molecule has 0 fully saturated rings. The van der Waals surface area contributed by atoms with Crippen molar-refractivity contribution in [2.24, 2.45) is 11.3 Å². The first kappa shape index (κ1) is 28.2. The quantitative estimate of drug-likeness (QED) is 0.338. The third-order valence-electron chi connectivity index (χ3n) is 6.54. The molecule has 37 heavy (non-hydrogen) atoms. The molecule has 0 aliphatic heterocycles. The molecule has 196 valence electrons. The van der Waals surface area contributed by atoms with Gasteiger partial charge in [-0.1, -0.05) is 81.4 Å². The minimum absolute atomic E-state index is 0.0223. The van der Waals surface area contributed by atoms with Crippen molar-refractivity contribution in [2.45, 2.75) is 59.2 Å². The summed E-state index contributed by atoms with van der Waals surface area (Å²) in [6.45, 7) is 8.29. The van der Waals surface area contributed by atoms with E-state index in [1.807, 2.05) is 93.6 Å². The van der Waals surface area contributed by atoms with Gasteiger partial charge in [-0.25, -0.2) is 0 Å². The van der Waals surface area contributed by atoms with Gasteiger partial charge in [0.05, 0.1) is 17.8 Å². The van der Waals surface area contributed by atoms with E-state index in [1.165, 1.54) is 6.92 Å². The topological polar surface area (TPSA) is 91.3 Å². The number of ketones is 1. The van der Waals surface area contributed by atoms with E-state index in [9.17, 15) is 14.7 Å². The Hall–Kier alpha value is -3.35. The zero-order valence-electron chi connectivity index (χ0n) is 22.3. The lowest BCUT2D eigenvalue weighted by Gasteiger charge is -2.32. The van der Waals surface area contributed by atoms with Crippen LogP contribution in [0.1, 0.15) is 45.2 Å². The van der Waals surface area contributed by atoms with Crippen LogP contribution in [0.5, 0.6) is 0 Å². The van der Waals surface area contributed by atoms with E-state index in [0.717, 1.165) is 22.4 Å². The summed E-state index contributed by atoms with van der Waals surface area (Å²) >= 11 is 0. The van der Waals surface area contributed by atoms with Gasteiger partial charge in [0.15, 0.2) is 0 Å². The van der Waals surface area contributed by atoms with Crippen LogP contribution < -0.4 is 10.6 Å². The summed E-state index contributed by atoms with van der Waals surface area (Å²) < 4.78 is 0. The van der Waals surface area contributed by atoms with Crippen LogP contribution in [0.3, 0.4) is 0 Å². The molecule has 0 aliphatic rings. The second kappa shape index (κ2) is 13.3. The van der Waals surface area contributed by atoms with Crippen LogP contribution in [0.25, 0.3) is 11.3 Å². The SMILES string of the molecule is CC(=O)C[C@@H](C(=O)NC(Cc1ccccc1)[C@@H](O)CNCc1ccc(-c2ccccn2)cc1)C(C)(C)C. The zero-order chi connectivity index (χ0) is 26.8. The molecule has 0 bridgehead atoms. The van der Waals surface area contributed by atoms with Crippen LogP contribution in [0.4, 0.5) is 0 Å². The number of aliphatic hydroxyl groups excluding tert-OH is 1. The van der Waals surface area contributed by atoms with Crippen LogP contribution in [-0.2, 0) is 22.6 Å². The monoisotopic (exact) mass is 501 g/mol. The Bertz CT molecular complexity index is 1130. The number of aliphatic hydroxyl groups is 1. The number of hydrogen-bond acceptors (Lipinski definition) is 5. The fourth-order valence-electron chi connectivity index (χ4n) is 4.35. The number of rotatable bonds is 12. The molecule has 3 atom stereocenters. The number of amides is 1. The van der Waals surface area contributed by atoms with Crippen molar-refractivity contribution < 1.29 is 14.7 Å². The number of pyridine rings is 1. The van der Waals surface area contributed by atoms with Crippen molar-refractivity contribution in [1.82, 2.24) is 15.6 Å². The summed E-state index contributed by atoms with van der Waals surface area (Å²) in [4.78, 5) is 29.5. The second-order valence-corrected chi connectivity index (χ2v) is 10.7. The first-order chi connectivity index (χ1) is 17.6. The van der Waals surface area contributed by atoms with E-state index >= 15 is 0 Å². The fraction of sp³-hybridized carbons (Fsp3) is 0.387. The highest BCUT2D eigenvalue weighted by Gasteiger charge is 2.34. The minimum Gasteiger partial charge on any atom is -0.390 e. The fourth-order valence-corrected chi connectivity index (χ4v) is 4.35. The molecule has 0 aliphatic carbocycles. The van der Waals surface area contributed by atoms with Crippen LogP contribution in [0, 0.1) is 11.3 Å². The van der Waals surface area contributed by atoms with Gasteiger partial charge in [-0.15, -0.1) is 0 Å². The summed E-state index contributed by atoms with van der Waals surface area (Å²) in [6, 6.07) is 23.3. The Labute approximate surface area is 220 Å². The summed E-state index contributed by atoms with van der Waals surface area (Å²) in [5.41, 5.74) is 3.71. The Morgan fingerprint density at radius 3 is 2.19 bits per heavy atom. The highest BCUT2D eigenvalue weighted by Crippen LogP contribution is 2.29. The lowest BCUT2D eigenvalue weighted by molar-refractivity contribution is -0.133. The van der Waals surface area contributed by atoms with E-state index < -0.39 is 18.1 Å². The predicted molar refractivity (Wildman–Crippen MR) is 148 cm³/mol. The molecular formula is C31H39N3O3. The molecule has 6 heteroatoms. The average Bonchev–Trinajstić information content (AvgIpc) is 2.87. The van der Waals surface area contributed by atoms with Crippen LogP contribution in [0.15, 0.2) is 79.0 Å². The highest BCUT2D eigenvalue weighted by atomic mass is 16.3. The van der Waals surface area contributed by atoms with Gasteiger partial charge in [-0.2, -0.15) is 0 Å². The van der Waals surface area contributed by atoms with Crippen molar-refractivity contribution in [1.29, 1.82) is 0 Å². The van der Waals surface area contributed by atoms with Crippen molar-refractivity contribution in [3.05, 3.63) is 90.1 Å². The first-order valence-corrected chi connectivity index (χ1v) is 12.9. The molecule has 0 radical (unpaired) electrons. The van der Waals surface area contributed by atoms with Gasteiger partial charge in [0, 0.05) is 37.2 Å². The summed E-state index contributed by atoms with van der Waals surface area (Å²) in [6.07, 6.45) is 1.64. The Kier molecular flexibility index (Phi) is 10.1. The average molecular weight is 502 g/mol. The molecule has 1 heterocycles. The lowest BCUT2D eigenvalue weighted by atomic mass is 9.77. The van der Waals surface area contributed by atoms with Gasteiger partial charge in [0.25, 0.3) is 0 Å². The van der Waals surface area contributed by atoms with Gasteiger partial charge < -0.3 is 20.5 Å². The number of aromatic nitrogens is 1. The molecule has 3 rings (SSSR count). The molecule has 1 amide bonds. The summed E-state index contributed by atoms with van der Waals surface area (Å²) in [5.74, 6) is -0.695. The maximum atomic E-state index is 13.3. The van der Waals surface area contributed by atoms with E-state index in [1.54, 1.807) is 6.20 Å². The van der Waals surface area contributed by atoms with E-state index in [2.05, 4.69) is 15.6 Å². The Balaban J connectivity index is 1.64. The molecule has 3 aromatic rings. The second-order valence-electron chi connectivity index (χ2n) is 10.7. The third-order valence-corrected chi connectivity index (χ3v) is 6.54. The van der Waals surface area contributed by atoms with E-state index in [-0.39, 0.29) is 23.5 Å². The number of Topliss-reactive ketones (excluding diaryl/α,β-unsaturated/α-hetero) is 1. The molecule has 0 saturated carbocycles. The molecular weight excluding hydrogens is 462 g/mol. The lowest BCUT2D eigenvalue weighted by Crippen LogP contribution is -2.52. The van der Waals surface area contributed by atoms with Gasteiger partial charge in [0.1, 0.15) is 5.78 Å². The first-order valence-electron chi connectivity index (χ1n) is 12.9. The zero-order valence-corrected chi connectivity index (χ0v) is 22.3. The number of nitrogens with one attached hydrogen (secondary N) is 2. The van der Waals surface area contributed by atoms with Crippen molar-refractivity contribution in [2.75, 3.05) is 6.54 Å². The van der Waals surface area contributed by atoms with Gasteiger partial charge in [-0.3, -0.25) is 9.78 Å². The minimum atomic E-state index is -0.810. The molecule has 0 saturated heterocycles. The maximum absolute atomic E-state index is 13.3.